The van der Waals surface area contributed by atoms with Crippen LogP contribution in [0, 0.1) is 12.7 Å². The Bertz CT molecular complexity index is 510. The number of rotatable bonds is 4. The Labute approximate surface area is 104 Å². The maximum atomic E-state index is 13.7. The lowest BCUT2D eigenvalue weighted by Crippen LogP contribution is -2.01. The number of anilines is 1. The smallest absolute Gasteiger partial charge is 0.168 e. The van der Waals surface area contributed by atoms with Crippen molar-refractivity contribution in [3.8, 4) is 11.3 Å². The van der Waals surface area contributed by atoms with Crippen LogP contribution in [-0.2, 0) is 0 Å². The van der Waals surface area contributed by atoms with Gasteiger partial charge in [0.15, 0.2) is 5.82 Å². The van der Waals surface area contributed by atoms with Gasteiger partial charge in [0, 0.05) is 12.1 Å². The van der Waals surface area contributed by atoms with E-state index in [4.69, 9.17) is 0 Å². The molecule has 0 unspecified atom stereocenters. The molecule has 0 aliphatic rings. The van der Waals surface area contributed by atoms with E-state index in [1.54, 1.807) is 12.1 Å². The lowest BCUT2D eigenvalue weighted by atomic mass is 10.1. The SMILES string of the molecule is CCCNc1nsnc1-c1cc(C)ccc1F. The van der Waals surface area contributed by atoms with E-state index in [0.717, 1.165) is 30.3 Å². The van der Waals surface area contributed by atoms with Gasteiger partial charge in [0.05, 0.1) is 11.7 Å². The van der Waals surface area contributed by atoms with Crippen molar-refractivity contribution in [3.63, 3.8) is 0 Å². The molecule has 5 heteroatoms. The normalized spacial score (nSPS) is 10.5. The molecule has 0 fully saturated rings. The third-order valence-electron chi connectivity index (χ3n) is 2.41. The van der Waals surface area contributed by atoms with Gasteiger partial charge < -0.3 is 5.32 Å². The van der Waals surface area contributed by atoms with Crippen LogP contribution in [0.15, 0.2) is 18.2 Å². The summed E-state index contributed by atoms with van der Waals surface area (Å²) in [5, 5.41) is 3.16. The minimum atomic E-state index is -0.261. The fourth-order valence-corrected chi connectivity index (χ4v) is 2.09. The maximum Gasteiger partial charge on any atom is 0.168 e. The summed E-state index contributed by atoms with van der Waals surface area (Å²) in [6.07, 6.45) is 0.993. The van der Waals surface area contributed by atoms with Crippen molar-refractivity contribution < 1.29 is 4.39 Å². The highest BCUT2D eigenvalue weighted by molar-refractivity contribution is 6.99. The molecule has 0 atom stereocenters. The Morgan fingerprint density at radius 3 is 2.94 bits per heavy atom. The molecule has 0 saturated carbocycles. The van der Waals surface area contributed by atoms with Crippen LogP contribution in [0.1, 0.15) is 18.9 Å². The fourth-order valence-electron chi connectivity index (χ4n) is 1.55. The van der Waals surface area contributed by atoms with Gasteiger partial charge in [-0.3, -0.25) is 0 Å². The Hall–Kier alpha value is -1.49. The molecule has 0 amide bonds. The van der Waals surface area contributed by atoms with Crippen molar-refractivity contribution in [2.75, 3.05) is 11.9 Å². The molecule has 0 spiro atoms. The standard InChI is InChI=1S/C12H14FN3S/c1-3-6-14-12-11(15-17-16-12)9-7-8(2)4-5-10(9)13/h4-5,7H,3,6H2,1-2H3,(H,14,16). The summed E-state index contributed by atoms with van der Waals surface area (Å²) in [6.45, 7) is 4.81. The first-order chi connectivity index (χ1) is 8.22. The van der Waals surface area contributed by atoms with E-state index in [2.05, 4.69) is 21.0 Å². The number of nitrogens with zero attached hydrogens (tertiary/aromatic N) is 2. The van der Waals surface area contributed by atoms with Crippen LogP contribution in [-0.4, -0.2) is 15.3 Å². The van der Waals surface area contributed by atoms with E-state index >= 15 is 0 Å². The summed E-state index contributed by atoms with van der Waals surface area (Å²) in [4.78, 5) is 0. The zero-order chi connectivity index (χ0) is 12.3. The summed E-state index contributed by atoms with van der Waals surface area (Å²) in [5.74, 6) is 0.407. The van der Waals surface area contributed by atoms with Crippen molar-refractivity contribution in [3.05, 3.63) is 29.6 Å². The van der Waals surface area contributed by atoms with E-state index in [1.165, 1.54) is 6.07 Å². The zero-order valence-corrected chi connectivity index (χ0v) is 10.6. The van der Waals surface area contributed by atoms with Gasteiger partial charge in [0.1, 0.15) is 11.5 Å². The number of halogens is 1. The fraction of sp³-hybridized carbons (Fsp3) is 0.333. The first-order valence-corrected chi connectivity index (χ1v) is 6.28. The number of nitrogens with one attached hydrogen (secondary N) is 1. The minimum Gasteiger partial charge on any atom is -0.367 e. The van der Waals surface area contributed by atoms with E-state index in [-0.39, 0.29) is 5.82 Å². The average Bonchev–Trinajstić information content (AvgIpc) is 2.77. The predicted octanol–water partition coefficient (Wildman–Crippen LogP) is 3.47. The monoisotopic (exact) mass is 251 g/mol. The predicted molar refractivity (Wildman–Crippen MR) is 68.8 cm³/mol. The number of benzene rings is 1. The van der Waals surface area contributed by atoms with Gasteiger partial charge in [-0.25, -0.2) is 4.39 Å². The summed E-state index contributed by atoms with van der Waals surface area (Å²) in [5.41, 5.74) is 2.12. The van der Waals surface area contributed by atoms with E-state index in [1.807, 2.05) is 6.92 Å². The van der Waals surface area contributed by atoms with Crippen LogP contribution in [0.3, 0.4) is 0 Å². The van der Waals surface area contributed by atoms with Gasteiger partial charge in [-0.15, -0.1) is 0 Å². The molecule has 1 heterocycles. The topological polar surface area (TPSA) is 37.8 Å². The molecule has 0 bridgehead atoms. The largest absolute Gasteiger partial charge is 0.367 e. The summed E-state index contributed by atoms with van der Waals surface area (Å²) >= 11 is 1.10. The van der Waals surface area contributed by atoms with Crippen LogP contribution in [0.25, 0.3) is 11.3 Å². The highest BCUT2D eigenvalue weighted by atomic mass is 32.1. The Kier molecular flexibility index (Phi) is 3.68. The summed E-state index contributed by atoms with van der Waals surface area (Å²) in [6, 6.07) is 5.01. The third kappa shape index (κ3) is 2.61. The second-order valence-corrected chi connectivity index (χ2v) is 4.40. The molecule has 17 heavy (non-hydrogen) atoms. The van der Waals surface area contributed by atoms with Crippen LogP contribution < -0.4 is 5.32 Å². The van der Waals surface area contributed by atoms with Crippen LogP contribution in [0.2, 0.25) is 0 Å². The van der Waals surface area contributed by atoms with Crippen LogP contribution in [0.5, 0.6) is 0 Å². The lowest BCUT2D eigenvalue weighted by Gasteiger charge is -2.05. The highest BCUT2D eigenvalue weighted by Crippen LogP contribution is 2.28. The number of hydrogen-bond acceptors (Lipinski definition) is 4. The maximum absolute atomic E-state index is 13.7. The van der Waals surface area contributed by atoms with Crippen molar-refractivity contribution in [2.24, 2.45) is 0 Å². The molecule has 0 aliphatic heterocycles. The Morgan fingerprint density at radius 1 is 1.35 bits per heavy atom. The van der Waals surface area contributed by atoms with Crippen molar-refractivity contribution in [2.45, 2.75) is 20.3 Å². The van der Waals surface area contributed by atoms with Gasteiger partial charge in [-0.1, -0.05) is 18.6 Å². The molecule has 3 nitrogen and oxygen atoms in total. The van der Waals surface area contributed by atoms with Gasteiger partial charge in [-0.05, 0) is 25.5 Å². The van der Waals surface area contributed by atoms with Crippen molar-refractivity contribution >= 4 is 17.5 Å². The molecular weight excluding hydrogens is 237 g/mol. The Balaban J connectivity index is 2.38. The third-order valence-corrected chi connectivity index (χ3v) is 2.94. The molecule has 0 radical (unpaired) electrons. The number of aromatic nitrogens is 2. The van der Waals surface area contributed by atoms with E-state index in [9.17, 15) is 4.39 Å². The lowest BCUT2D eigenvalue weighted by molar-refractivity contribution is 0.630. The molecule has 90 valence electrons. The Morgan fingerprint density at radius 2 is 2.18 bits per heavy atom. The van der Waals surface area contributed by atoms with Crippen LogP contribution in [0.4, 0.5) is 10.2 Å². The summed E-state index contributed by atoms with van der Waals surface area (Å²) in [7, 11) is 0. The van der Waals surface area contributed by atoms with Gasteiger partial charge in [0.2, 0.25) is 0 Å². The zero-order valence-electron chi connectivity index (χ0n) is 9.83. The second kappa shape index (κ2) is 5.23. The molecule has 1 aromatic heterocycles. The molecule has 1 N–H and O–H groups in total. The van der Waals surface area contributed by atoms with E-state index < -0.39 is 0 Å². The molecule has 0 saturated heterocycles. The average molecular weight is 251 g/mol. The minimum absolute atomic E-state index is 0.261. The first kappa shape index (κ1) is 12.0. The first-order valence-electron chi connectivity index (χ1n) is 5.55. The van der Waals surface area contributed by atoms with Gasteiger partial charge >= 0.3 is 0 Å². The van der Waals surface area contributed by atoms with Crippen LogP contribution >= 0.6 is 11.7 Å². The molecule has 0 aliphatic carbocycles. The van der Waals surface area contributed by atoms with E-state index in [0.29, 0.717) is 17.1 Å². The highest BCUT2D eigenvalue weighted by Gasteiger charge is 2.14. The second-order valence-electron chi connectivity index (χ2n) is 3.87. The number of aryl methyl sites for hydroxylation is 1. The summed E-state index contributed by atoms with van der Waals surface area (Å²) < 4.78 is 22.1. The molecule has 1 aromatic carbocycles. The molecule has 2 aromatic rings. The van der Waals surface area contributed by atoms with Crippen molar-refractivity contribution in [1.29, 1.82) is 0 Å². The van der Waals surface area contributed by atoms with Crippen molar-refractivity contribution in [1.82, 2.24) is 8.75 Å². The molecular formula is C12H14FN3S. The van der Waals surface area contributed by atoms with Gasteiger partial charge in [0.25, 0.3) is 0 Å². The quantitative estimate of drug-likeness (QED) is 0.904. The molecule has 2 rings (SSSR count). The van der Waals surface area contributed by atoms with Gasteiger partial charge in [-0.2, -0.15) is 8.75 Å². The number of hydrogen-bond donors (Lipinski definition) is 1.